The fraction of sp³-hybridized carbons (Fsp3) is 0.700. The molecule has 1 atom stereocenters. The van der Waals surface area contributed by atoms with Gasteiger partial charge >= 0.3 is 5.97 Å². The second-order valence-electron chi connectivity index (χ2n) is 4.16. The van der Waals surface area contributed by atoms with Crippen molar-refractivity contribution in [1.82, 2.24) is 10.2 Å². The van der Waals surface area contributed by atoms with Crippen LogP contribution in [0, 0.1) is 11.8 Å². The Balaban J connectivity index is 2.38. The van der Waals surface area contributed by atoms with Crippen LogP contribution in [0.5, 0.6) is 0 Å². The summed E-state index contributed by atoms with van der Waals surface area (Å²) in [6.07, 6.45) is 0. The van der Waals surface area contributed by atoms with E-state index in [1.165, 1.54) is 23.1 Å². The van der Waals surface area contributed by atoms with Crippen molar-refractivity contribution in [2.75, 3.05) is 17.6 Å². The van der Waals surface area contributed by atoms with Crippen LogP contribution in [0.1, 0.15) is 20.8 Å². The summed E-state index contributed by atoms with van der Waals surface area (Å²) in [7, 11) is 0. The Morgan fingerprint density at radius 3 is 2.76 bits per heavy atom. The van der Waals surface area contributed by atoms with Crippen LogP contribution in [0.3, 0.4) is 0 Å². The first-order chi connectivity index (χ1) is 7.99. The number of aliphatic carboxylic acids is 1. The van der Waals surface area contributed by atoms with Gasteiger partial charge in [0.1, 0.15) is 0 Å². The van der Waals surface area contributed by atoms with Gasteiger partial charge < -0.3 is 10.4 Å². The van der Waals surface area contributed by atoms with Crippen LogP contribution < -0.4 is 5.32 Å². The molecule has 0 aliphatic rings. The van der Waals surface area contributed by atoms with E-state index in [0.717, 1.165) is 11.7 Å². The van der Waals surface area contributed by atoms with Crippen LogP contribution in [-0.2, 0) is 4.79 Å². The van der Waals surface area contributed by atoms with Gasteiger partial charge in [-0.25, -0.2) is 0 Å². The summed E-state index contributed by atoms with van der Waals surface area (Å²) < 4.78 is 0.687. The standard InChI is InChI=1S/C10H17N3O2S2/c1-6(2)7(3)4-11-9-12-13-10(17-9)16-5-8(14)15/h6-7H,4-5H2,1-3H3,(H,11,12)(H,14,15). The zero-order chi connectivity index (χ0) is 12.8. The maximum atomic E-state index is 10.4. The molecule has 7 heteroatoms. The van der Waals surface area contributed by atoms with E-state index in [-0.39, 0.29) is 5.75 Å². The number of carboxylic acids is 1. The van der Waals surface area contributed by atoms with E-state index in [0.29, 0.717) is 16.2 Å². The topological polar surface area (TPSA) is 75.1 Å². The molecule has 0 aliphatic heterocycles. The quantitative estimate of drug-likeness (QED) is 0.744. The Bertz CT molecular complexity index is 368. The monoisotopic (exact) mass is 275 g/mol. The highest BCUT2D eigenvalue weighted by molar-refractivity contribution is 8.01. The average molecular weight is 275 g/mol. The van der Waals surface area contributed by atoms with Crippen molar-refractivity contribution >= 4 is 34.2 Å². The van der Waals surface area contributed by atoms with E-state index in [2.05, 4.69) is 36.3 Å². The van der Waals surface area contributed by atoms with E-state index >= 15 is 0 Å². The predicted molar refractivity (Wildman–Crippen MR) is 70.8 cm³/mol. The number of carbonyl (C=O) groups is 1. The highest BCUT2D eigenvalue weighted by atomic mass is 32.2. The lowest BCUT2D eigenvalue weighted by atomic mass is 9.98. The lowest BCUT2D eigenvalue weighted by molar-refractivity contribution is -0.133. The van der Waals surface area contributed by atoms with Crippen LogP contribution in [0.15, 0.2) is 4.34 Å². The third-order valence-corrected chi connectivity index (χ3v) is 4.44. The molecule has 0 fully saturated rings. The number of nitrogens with one attached hydrogen (secondary N) is 1. The van der Waals surface area contributed by atoms with Gasteiger partial charge in [0, 0.05) is 6.54 Å². The number of carboxylic acid groups (broad SMARTS) is 1. The minimum Gasteiger partial charge on any atom is -0.481 e. The molecule has 0 aromatic carbocycles. The molecule has 0 amide bonds. The molecular formula is C10H17N3O2S2. The molecule has 2 N–H and O–H groups in total. The van der Waals surface area contributed by atoms with Crippen molar-refractivity contribution < 1.29 is 9.90 Å². The molecule has 1 unspecified atom stereocenters. The summed E-state index contributed by atoms with van der Waals surface area (Å²) in [5.41, 5.74) is 0. The first-order valence-electron chi connectivity index (χ1n) is 5.41. The average Bonchev–Trinajstić information content (AvgIpc) is 2.70. The van der Waals surface area contributed by atoms with Gasteiger partial charge in [-0.3, -0.25) is 4.79 Å². The fourth-order valence-electron chi connectivity index (χ4n) is 0.947. The molecule has 1 aromatic rings. The zero-order valence-electron chi connectivity index (χ0n) is 10.1. The zero-order valence-corrected chi connectivity index (χ0v) is 11.8. The Kier molecular flexibility index (Phi) is 5.70. The van der Waals surface area contributed by atoms with Gasteiger partial charge in [0.25, 0.3) is 0 Å². The summed E-state index contributed by atoms with van der Waals surface area (Å²) in [5, 5.41) is 20.4. The number of aromatic nitrogens is 2. The second-order valence-corrected chi connectivity index (χ2v) is 6.36. The van der Waals surface area contributed by atoms with Crippen molar-refractivity contribution in [2.24, 2.45) is 11.8 Å². The minimum atomic E-state index is -0.840. The number of nitrogens with zero attached hydrogens (tertiary/aromatic N) is 2. The molecule has 0 saturated carbocycles. The van der Waals surface area contributed by atoms with Crippen molar-refractivity contribution in [3.63, 3.8) is 0 Å². The van der Waals surface area contributed by atoms with E-state index < -0.39 is 5.97 Å². The molecule has 1 aromatic heterocycles. The van der Waals surface area contributed by atoms with Crippen LogP contribution in [0.4, 0.5) is 5.13 Å². The number of hydrogen-bond donors (Lipinski definition) is 2. The van der Waals surface area contributed by atoms with Crippen molar-refractivity contribution in [2.45, 2.75) is 25.1 Å². The van der Waals surface area contributed by atoms with Gasteiger partial charge in [-0.05, 0) is 11.8 Å². The summed E-state index contributed by atoms with van der Waals surface area (Å²) >= 11 is 2.59. The predicted octanol–water partition coefficient (Wildman–Crippen LogP) is 2.42. The molecule has 0 bridgehead atoms. The van der Waals surface area contributed by atoms with Crippen molar-refractivity contribution in [1.29, 1.82) is 0 Å². The molecule has 0 aliphatic carbocycles. The summed E-state index contributed by atoms with van der Waals surface area (Å²) in [4.78, 5) is 10.4. The summed E-state index contributed by atoms with van der Waals surface area (Å²) in [6.45, 7) is 7.40. The maximum absolute atomic E-state index is 10.4. The largest absolute Gasteiger partial charge is 0.481 e. The first kappa shape index (κ1) is 14.2. The smallest absolute Gasteiger partial charge is 0.313 e. The van der Waals surface area contributed by atoms with Crippen molar-refractivity contribution in [3.05, 3.63) is 0 Å². The third-order valence-electron chi connectivity index (χ3n) is 2.44. The molecule has 1 heterocycles. The highest BCUT2D eigenvalue weighted by Gasteiger charge is 2.10. The van der Waals surface area contributed by atoms with Gasteiger partial charge in [-0.15, -0.1) is 10.2 Å². The Morgan fingerprint density at radius 2 is 2.18 bits per heavy atom. The van der Waals surface area contributed by atoms with Gasteiger partial charge in [0.05, 0.1) is 5.75 Å². The molecule has 96 valence electrons. The van der Waals surface area contributed by atoms with Crippen molar-refractivity contribution in [3.8, 4) is 0 Å². The Labute approximate surface area is 109 Å². The van der Waals surface area contributed by atoms with E-state index in [4.69, 9.17) is 5.11 Å². The van der Waals surface area contributed by atoms with E-state index in [1.54, 1.807) is 0 Å². The summed E-state index contributed by atoms with van der Waals surface area (Å²) in [6, 6.07) is 0. The normalized spacial score (nSPS) is 12.7. The van der Waals surface area contributed by atoms with Gasteiger partial charge in [-0.1, -0.05) is 43.9 Å². The lowest BCUT2D eigenvalue weighted by Gasteiger charge is -2.14. The van der Waals surface area contributed by atoms with E-state index in [9.17, 15) is 4.79 Å². The molecule has 0 saturated heterocycles. The van der Waals surface area contributed by atoms with Crippen LogP contribution in [0.25, 0.3) is 0 Å². The molecule has 0 radical (unpaired) electrons. The Hall–Kier alpha value is -0.820. The number of anilines is 1. The lowest BCUT2D eigenvalue weighted by Crippen LogP contribution is -2.16. The number of hydrogen-bond acceptors (Lipinski definition) is 6. The van der Waals surface area contributed by atoms with E-state index in [1.807, 2.05) is 0 Å². The number of thioether (sulfide) groups is 1. The maximum Gasteiger partial charge on any atom is 0.313 e. The van der Waals surface area contributed by atoms with Gasteiger partial charge in [-0.2, -0.15) is 0 Å². The van der Waals surface area contributed by atoms with Crippen LogP contribution in [0.2, 0.25) is 0 Å². The number of rotatable bonds is 7. The third kappa shape index (κ3) is 5.36. The fourth-order valence-corrected chi connectivity index (χ4v) is 2.43. The van der Waals surface area contributed by atoms with Gasteiger partial charge in [0.15, 0.2) is 4.34 Å². The minimum absolute atomic E-state index is 0.0248. The van der Waals surface area contributed by atoms with Gasteiger partial charge in [0.2, 0.25) is 5.13 Å². The first-order valence-corrected chi connectivity index (χ1v) is 7.21. The SMILES string of the molecule is CC(C)C(C)CNc1nnc(SCC(=O)O)s1. The Morgan fingerprint density at radius 1 is 1.47 bits per heavy atom. The van der Waals surface area contributed by atoms with Crippen LogP contribution >= 0.6 is 23.1 Å². The molecule has 1 rings (SSSR count). The second kappa shape index (κ2) is 6.80. The summed E-state index contributed by atoms with van der Waals surface area (Å²) in [5.74, 6) is 0.371. The van der Waals surface area contributed by atoms with Crippen LogP contribution in [-0.4, -0.2) is 33.6 Å². The molecular weight excluding hydrogens is 258 g/mol. The molecule has 0 spiro atoms. The highest BCUT2D eigenvalue weighted by Crippen LogP contribution is 2.25. The molecule has 5 nitrogen and oxygen atoms in total. The molecule has 17 heavy (non-hydrogen) atoms.